The van der Waals surface area contributed by atoms with E-state index in [1.54, 1.807) is 6.07 Å². The molecule has 0 bridgehead atoms. The quantitative estimate of drug-likeness (QED) is 0.723. The third kappa shape index (κ3) is 3.12. The highest BCUT2D eigenvalue weighted by atomic mass is 35.5. The molecule has 17 heavy (non-hydrogen) atoms. The molecule has 1 fully saturated rings. The van der Waals surface area contributed by atoms with Crippen molar-refractivity contribution in [3.05, 3.63) is 29.6 Å². The molecule has 1 saturated carbocycles. The van der Waals surface area contributed by atoms with Crippen molar-refractivity contribution in [3.8, 4) is 5.75 Å². The van der Waals surface area contributed by atoms with Gasteiger partial charge in [0.1, 0.15) is 0 Å². The summed E-state index contributed by atoms with van der Waals surface area (Å²) in [7, 11) is 0. The molecular formula is C14H18ClFO. The molecule has 0 spiro atoms. The van der Waals surface area contributed by atoms with Gasteiger partial charge in [-0.05, 0) is 31.2 Å². The minimum absolute atomic E-state index is 0.137. The summed E-state index contributed by atoms with van der Waals surface area (Å²) < 4.78 is 19.5. The second-order valence-corrected chi connectivity index (χ2v) is 5.14. The normalized spacial score (nSPS) is 24.6. The average molecular weight is 257 g/mol. The van der Waals surface area contributed by atoms with Crippen molar-refractivity contribution in [2.45, 2.75) is 44.6 Å². The van der Waals surface area contributed by atoms with Gasteiger partial charge >= 0.3 is 0 Å². The van der Waals surface area contributed by atoms with Gasteiger partial charge in [0.2, 0.25) is 0 Å². The van der Waals surface area contributed by atoms with Crippen molar-refractivity contribution in [3.63, 3.8) is 0 Å². The summed E-state index contributed by atoms with van der Waals surface area (Å²) in [4.78, 5) is 0. The molecule has 0 N–H and O–H groups in total. The summed E-state index contributed by atoms with van der Waals surface area (Å²) in [6.07, 6.45) is 4.57. The second kappa shape index (κ2) is 5.72. The fraction of sp³-hybridized carbons (Fsp3) is 0.571. The van der Waals surface area contributed by atoms with E-state index < -0.39 is 0 Å². The number of benzene rings is 1. The van der Waals surface area contributed by atoms with Crippen LogP contribution in [-0.2, 0) is 5.88 Å². The van der Waals surface area contributed by atoms with Crippen molar-refractivity contribution in [2.24, 2.45) is 5.92 Å². The van der Waals surface area contributed by atoms with E-state index in [9.17, 15) is 4.39 Å². The Kier molecular flexibility index (Phi) is 4.27. The van der Waals surface area contributed by atoms with Gasteiger partial charge in [-0.15, -0.1) is 11.6 Å². The molecule has 0 radical (unpaired) electrons. The summed E-state index contributed by atoms with van der Waals surface area (Å²) in [6, 6.07) is 4.92. The molecule has 0 aromatic heterocycles. The number of rotatable bonds is 3. The van der Waals surface area contributed by atoms with Crippen molar-refractivity contribution < 1.29 is 9.13 Å². The van der Waals surface area contributed by atoms with Gasteiger partial charge in [-0.1, -0.05) is 25.5 Å². The Balaban J connectivity index is 2.12. The fourth-order valence-corrected chi connectivity index (χ4v) is 2.65. The molecule has 1 aliphatic carbocycles. The Hall–Kier alpha value is -0.760. The third-order valence-corrected chi connectivity index (χ3v) is 3.65. The third-order valence-electron chi connectivity index (χ3n) is 3.37. The predicted molar refractivity (Wildman–Crippen MR) is 68.0 cm³/mol. The van der Waals surface area contributed by atoms with E-state index in [2.05, 4.69) is 6.92 Å². The Labute approximate surface area is 107 Å². The molecule has 2 unspecified atom stereocenters. The van der Waals surface area contributed by atoms with Crippen LogP contribution in [-0.4, -0.2) is 6.10 Å². The van der Waals surface area contributed by atoms with Gasteiger partial charge in [0.15, 0.2) is 11.6 Å². The van der Waals surface area contributed by atoms with Crippen LogP contribution in [0.4, 0.5) is 4.39 Å². The smallest absolute Gasteiger partial charge is 0.165 e. The molecule has 94 valence electrons. The Morgan fingerprint density at radius 3 is 2.94 bits per heavy atom. The van der Waals surface area contributed by atoms with E-state index in [0.717, 1.165) is 24.8 Å². The Morgan fingerprint density at radius 2 is 2.24 bits per heavy atom. The Morgan fingerprint density at radius 1 is 1.41 bits per heavy atom. The molecule has 1 aromatic rings. The van der Waals surface area contributed by atoms with Crippen LogP contribution in [0.15, 0.2) is 18.2 Å². The van der Waals surface area contributed by atoms with Gasteiger partial charge in [0, 0.05) is 5.56 Å². The number of halogens is 2. The molecule has 3 heteroatoms. The first kappa shape index (κ1) is 12.7. The number of para-hydroxylation sites is 1. The summed E-state index contributed by atoms with van der Waals surface area (Å²) in [5.74, 6) is 0.998. The van der Waals surface area contributed by atoms with E-state index in [4.69, 9.17) is 16.3 Å². The lowest BCUT2D eigenvalue weighted by atomic mass is 9.88. The lowest BCUT2D eigenvalue weighted by molar-refractivity contribution is 0.123. The maximum atomic E-state index is 13.7. The zero-order valence-electron chi connectivity index (χ0n) is 10.1. The minimum Gasteiger partial charge on any atom is -0.487 e. The van der Waals surface area contributed by atoms with Crippen LogP contribution in [0.1, 0.15) is 38.2 Å². The Bertz CT molecular complexity index is 380. The molecular weight excluding hydrogens is 239 g/mol. The highest BCUT2D eigenvalue weighted by Gasteiger charge is 2.22. The number of ether oxygens (including phenoxy) is 1. The van der Waals surface area contributed by atoms with Crippen molar-refractivity contribution in [1.29, 1.82) is 0 Å². The molecule has 0 heterocycles. The molecule has 1 aliphatic rings. The summed E-state index contributed by atoms with van der Waals surface area (Å²) in [5.41, 5.74) is 0.741. The van der Waals surface area contributed by atoms with E-state index in [1.807, 2.05) is 6.07 Å². The molecule has 1 nitrogen and oxygen atoms in total. The summed E-state index contributed by atoms with van der Waals surface area (Å²) in [5, 5.41) is 0. The first-order chi connectivity index (χ1) is 8.20. The second-order valence-electron chi connectivity index (χ2n) is 4.87. The van der Waals surface area contributed by atoms with Crippen LogP contribution in [0.5, 0.6) is 5.75 Å². The predicted octanol–water partition coefficient (Wildman–Crippen LogP) is 4.52. The maximum absolute atomic E-state index is 13.7. The lowest BCUT2D eigenvalue weighted by Crippen LogP contribution is -2.24. The van der Waals surface area contributed by atoms with E-state index >= 15 is 0 Å². The zero-order valence-corrected chi connectivity index (χ0v) is 10.8. The largest absolute Gasteiger partial charge is 0.487 e. The topological polar surface area (TPSA) is 9.23 Å². The summed E-state index contributed by atoms with van der Waals surface area (Å²) >= 11 is 5.80. The molecule has 0 amide bonds. The van der Waals surface area contributed by atoms with E-state index in [1.165, 1.54) is 12.5 Å². The van der Waals surface area contributed by atoms with Gasteiger partial charge in [0.25, 0.3) is 0 Å². The fourth-order valence-electron chi connectivity index (χ4n) is 2.44. The SMILES string of the molecule is CC1CCCC(Oc2c(F)cccc2CCl)C1. The van der Waals surface area contributed by atoms with Crippen LogP contribution < -0.4 is 4.74 Å². The molecule has 0 saturated heterocycles. The molecule has 2 atom stereocenters. The first-order valence-electron chi connectivity index (χ1n) is 6.20. The van der Waals surface area contributed by atoms with Gasteiger partial charge < -0.3 is 4.74 Å². The monoisotopic (exact) mass is 256 g/mol. The highest BCUT2D eigenvalue weighted by Crippen LogP contribution is 2.31. The van der Waals surface area contributed by atoms with Crippen LogP contribution >= 0.6 is 11.6 Å². The van der Waals surface area contributed by atoms with Gasteiger partial charge in [-0.25, -0.2) is 4.39 Å². The van der Waals surface area contributed by atoms with Crippen LogP contribution in [0, 0.1) is 11.7 Å². The lowest BCUT2D eigenvalue weighted by Gasteiger charge is -2.28. The number of hydrogen-bond donors (Lipinski definition) is 0. The van der Waals surface area contributed by atoms with Crippen molar-refractivity contribution in [2.75, 3.05) is 0 Å². The first-order valence-corrected chi connectivity index (χ1v) is 6.74. The van der Waals surface area contributed by atoms with Gasteiger partial charge in [-0.2, -0.15) is 0 Å². The highest BCUT2D eigenvalue weighted by molar-refractivity contribution is 6.17. The van der Waals surface area contributed by atoms with Crippen molar-refractivity contribution >= 4 is 11.6 Å². The maximum Gasteiger partial charge on any atom is 0.165 e. The standard InChI is InChI=1S/C14H18ClFO/c1-10-4-2-6-12(8-10)17-14-11(9-15)5-3-7-13(14)16/h3,5,7,10,12H,2,4,6,8-9H2,1H3. The van der Waals surface area contributed by atoms with E-state index in [-0.39, 0.29) is 17.8 Å². The average Bonchev–Trinajstić information content (AvgIpc) is 2.32. The van der Waals surface area contributed by atoms with Crippen molar-refractivity contribution in [1.82, 2.24) is 0 Å². The zero-order chi connectivity index (χ0) is 12.3. The van der Waals surface area contributed by atoms with Crippen LogP contribution in [0.3, 0.4) is 0 Å². The molecule has 1 aromatic carbocycles. The molecule has 0 aliphatic heterocycles. The van der Waals surface area contributed by atoms with Crippen LogP contribution in [0.25, 0.3) is 0 Å². The number of hydrogen-bond acceptors (Lipinski definition) is 1. The van der Waals surface area contributed by atoms with Gasteiger partial charge in [-0.3, -0.25) is 0 Å². The summed E-state index contributed by atoms with van der Waals surface area (Å²) in [6.45, 7) is 2.22. The number of alkyl halides is 1. The van der Waals surface area contributed by atoms with E-state index in [0.29, 0.717) is 11.7 Å². The van der Waals surface area contributed by atoms with Crippen LogP contribution in [0.2, 0.25) is 0 Å². The minimum atomic E-state index is -0.304. The molecule has 2 rings (SSSR count). The van der Waals surface area contributed by atoms with Gasteiger partial charge in [0.05, 0.1) is 12.0 Å².